The van der Waals surface area contributed by atoms with Crippen molar-refractivity contribution in [3.05, 3.63) is 47.8 Å². The third-order valence-corrected chi connectivity index (χ3v) is 3.58. The number of hydrogen-bond donors (Lipinski definition) is 2. The molecule has 2 heterocycles. The molecule has 0 saturated carbocycles. The number of benzene rings is 1. The zero-order chi connectivity index (χ0) is 16.2. The van der Waals surface area contributed by atoms with Crippen LogP contribution in [-0.4, -0.2) is 37.3 Å². The summed E-state index contributed by atoms with van der Waals surface area (Å²) >= 11 is 0. The molecule has 1 aliphatic heterocycles. The molecule has 120 valence electrons. The van der Waals surface area contributed by atoms with Gasteiger partial charge in [0, 0.05) is 24.1 Å². The second kappa shape index (κ2) is 6.43. The van der Waals surface area contributed by atoms with Crippen LogP contribution in [0.5, 0.6) is 0 Å². The van der Waals surface area contributed by atoms with Gasteiger partial charge >= 0.3 is 12.1 Å². The normalized spacial score (nSPS) is 13.8. The third kappa shape index (κ3) is 3.28. The fourth-order valence-corrected chi connectivity index (χ4v) is 2.36. The molecule has 0 bridgehead atoms. The molecule has 1 aromatic heterocycles. The Balaban J connectivity index is 1.59. The Bertz CT molecular complexity index is 708. The van der Waals surface area contributed by atoms with Crippen molar-refractivity contribution in [1.82, 2.24) is 4.98 Å². The van der Waals surface area contributed by atoms with Crippen molar-refractivity contribution in [3.63, 3.8) is 0 Å². The smallest absolute Gasteiger partial charge is 0.414 e. The Kier molecular flexibility index (Phi) is 4.18. The number of rotatable bonds is 5. The molecule has 2 N–H and O–H groups in total. The van der Waals surface area contributed by atoms with Gasteiger partial charge in [0.1, 0.15) is 12.3 Å². The highest BCUT2D eigenvalue weighted by atomic mass is 16.6. The zero-order valence-electron chi connectivity index (χ0n) is 12.7. The van der Waals surface area contributed by atoms with Crippen molar-refractivity contribution in [2.45, 2.75) is 6.54 Å². The van der Waals surface area contributed by atoms with Gasteiger partial charge in [-0.1, -0.05) is 0 Å². The van der Waals surface area contributed by atoms with E-state index >= 15 is 0 Å². The number of anilines is 2. The number of methoxy groups -OCH3 is 1. The maximum atomic E-state index is 11.5. The van der Waals surface area contributed by atoms with Gasteiger partial charge in [0.15, 0.2) is 0 Å². The summed E-state index contributed by atoms with van der Waals surface area (Å²) in [6.07, 6.45) is 1.45. The topological polar surface area (TPSA) is 83.7 Å². The molecule has 2 aromatic rings. The Morgan fingerprint density at radius 1 is 1.39 bits per heavy atom. The van der Waals surface area contributed by atoms with Gasteiger partial charge in [-0.05, 0) is 35.9 Å². The first-order valence-electron chi connectivity index (χ1n) is 7.21. The van der Waals surface area contributed by atoms with E-state index in [4.69, 9.17) is 4.74 Å². The summed E-state index contributed by atoms with van der Waals surface area (Å²) in [6.45, 7) is 1.57. The van der Waals surface area contributed by atoms with Gasteiger partial charge in [0.25, 0.3) is 0 Å². The number of carbonyl (C=O) groups excluding carboxylic acids is 2. The van der Waals surface area contributed by atoms with Crippen molar-refractivity contribution in [2.24, 2.45) is 0 Å². The number of nitrogens with one attached hydrogen (secondary N) is 2. The fourth-order valence-electron chi connectivity index (χ4n) is 2.36. The van der Waals surface area contributed by atoms with Gasteiger partial charge in [-0.2, -0.15) is 0 Å². The molecule has 1 saturated heterocycles. The number of aromatic amines is 1. The van der Waals surface area contributed by atoms with E-state index < -0.39 is 5.97 Å². The first-order valence-corrected chi connectivity index (χ1v) is 7.21. The molecule has 1 fully saturated rings. The van der Waals surface area contributed by atoms with E-state index in [0.717, 1.165) is 16.9 Å². The van der Waals surface area contributed by atoms with Crippen molar-refractivity contribution in [3.8, 4) is 0 Å². The minimum absolute atomic E-state index is 0.312. The van der Waals surface area contributed by atoms with Crippen LogP contribution >= 0.6 is 0 Å². The summed E-state index contributed by atoms with van der Waals surface area (Å²) in [5.41, 5.74) is 3.10. The predicted octanol–water partition coefficient (Wildman–Crippen LogP) is 2.37. The summed E-state index contributed by atoms with van der Waals surface area (Å²) in [4.78, 5) is 27.3. The maximum absolute atomic E-state index is 11.5. The standard InChI is InChI=1S/C16H17N3O4/c1-22-15(20)14-8-11(10-18-14)9-17-12-2-4-13(5-3-12)19-6-7-23-16(19)21/h2-5,8,10,17-18H,6-7,9H2,1H3. The number of hydrogen-bond acceptors (Lipinski definition) is 5. The van der Waals surface area contributed by atoms with Crippen molar-refractivity contribution in [2.75, 3.05) is 30.5 Å². The summed E-state index contributed by atoms with van der Waals surface area (Å²) < 4.78 is 9.57. The summed E-state index contributed by atoms with van der Waals surface area (Å²) in [5, 5.41) is 3.25. The van der Waals surface area contributed by atoms with Gasteiger partial charge < -0.3 is 19.8 Å². The summed E-state index contributed by atoms with van der Waals surface area (Å²) in [7, 11) is 1.35. The minimum Gasteiger partial charge on any atom is -0.464 e. The second-order valence-corrected chi connectivity index (χ2v) is 5.08. The van der Waals surface area contributed by atoms with Gasteiger partial charge in [-0.25, -0.2) is 9.59 Å². The van der Waals surface area contributed by atoms with E-state index in [-0.39, 0.29) is 6.09 Å². The second-order valence-electron chi connectivity index (χ2n) is 5.08. The Hall–Kier alpha value is -2.96. The summed E-state index contributed by atoms with van der Waals surface area (Å²) in [5.74, 6) is -0.391. The lowest BCUT2D eigenvalue weighted by molar-refractivity contribution is 0.0594. The average Bonchev–Trinajstić information content (AvgIpc) is 3.22. The highest BCUT2D eigenvalue weighted by Crippen LogP contribution is 2.21. The molecular weight excluding hydrogens is 298 g/mol. The van der Waals surface area contributed by atoms with Crippen LogP contribution in [0.15, 0.2) is 36.5 Å². The number of ether oxygens (including phenoxy) is 2. The van der Waals surface area contributed by atoms with Crippen molar-refractivity contribution < 1.29 is 19.1 Å². The molecule has 7 heteroatoms. The minimum atomic E-state index is -0.391. The molecule has 1 amide bonds. The van der Waals surface area contributed by atoms with E-state index in [1.165, 1.54) is 7.11 Å². The zero-order valence-corrected chi connectivity index (χ0v) is 12.7. The van der Waals surface area contributed by atoms with Crippen LogP contribution in [0.2, 0.25) is 0 Å². The molecule has 0 unspecified atom stereocenters. The Labute approximate surface area is 133 Å². The number of esters is 1. The molecule has 0 spiro atoms. The highest BCUT2D eigenvalue weighted by molar-refractivity contribution is 5.89. The van der Waals surface area contributed by atoms with Gasteiger partial charge in [-0.3, -0.25) is 4.90 Å². The molecule has 0 atom stereocenters. The van der Waals surface area contributed by atoms with Crippen LogP contribution in [0.25, 0.3) is 0 Å². The molecule has 7 nitrogen and oxygen atoms in total. The number of cyclic esters (lactones) is 1. The highest BCUT2D eigenvalue weighted by Gasteiger charge is 2.23. The van der Waals surface area contributed by atoms with Gasteiger partial charge in [-0.15, -0.1) is 0 Å². The van der Waals surface area contributed by atoms with Crippen LogP contribution in [0.3, 0.4) is 0 Å². The number of H-pyrrole nitrogens is 1. The largest absolute Gasteiger partial charge is 0.464 e. The van der Waals surface area contributed by atoms with Crippen LogP contribution in [0.4, 0.5) is 16.2 Å². The molecule has 0 radical (unpaired) electrons. The molecule has 1 aromatic carbocycles. The van der Waals surface area contributed by atoms with E-state index in [1.807, 2.05) is 24.3 Å². The monoisotopic (exact) mass is 315 g/mol. The lowest BCUT2D eigenvalue weighted by Crippen LogP contribution is -2.23. The van der Waals surface area contributed by atoms with Gasteiger partial charge in [0.2, 0.25) is 0 Å². The van der Waals surface area contributed by atoms with E-state index in [2.05, 4.69) is 15.0 Å². The van der Waals surface area contributed by atoms with Crippen molar-refractivity contribution >= 4 is 23.4 Å². The first kappa shape index (κ1) is 15.0. The number of carbonyl (C=O) groups is 2. The van der Waals surface area contributed by atoms with Gasteiger partial charge in [0.05, 0.1) is 13.7 Å². The molecular formula is C16H17N3O4. The molecule has 3 rings (SSSR count). The maximum Gasteiger partial charge on any atom is 0.414 e. The molecule has 1 aliphatic rings. The Morgan fingerprint density at radius 2 is 2.17 bits per heavy atom. The quantitative estimate of drug-likeness (QED) is 0.828. The number of amides is 1. The Morgan fingerprint density at radius 3 is 2.83 bits per heavy atom. The number of nitrogens with zero attached hydrogens (tertiary/aromatic N) is 1. The SMILES string of the molecule is COC(=O)c1cc(CNc2ccc(N3CCOC3=O)cc2)c[nH]1. The van der Waals surface area contributed by atoms with E-state index in [9.17, 15) is 9.59 Å². The molecule has 23 heavy (non-hydrogen) atoms. The van der Waals surface area contributed by atoms with Crippen LogP contribution in [0, 0.1) is 0 Å². The summed E-state index contributed by atoms with van der Waals surface area (Å²) in [6, 6.07) is 9.27. The van der Waals surface area contributed by atoms with Crippen molar-refractivity contribution in [1.29, 1.82) is 0 Å². The van der Waals surface area contributed by atoms with E-state index in [1.54, 1.807) is 17.2 Å². The van der Waals surface area contributed by atoms with Crippen LogP contribution < -0.4 is 10.2 Å². The number of aromatic nitrogens is 1. The molecule has 0 aliphatic carbocycles. The van der Waals surface area contributed by atoms with Crippen LogP contribution in [-0.2, 0) is 16.0 Å². The lowest BCUT2D eigenvalue weighted by atomic mass is 10.2. The van der Waals surface area contributed by atoms with E-state index in [0.29, 0.717) is 25.4 Å². The fraction of sp³-hybridized carbons (Fsp3) is 0.250. The third-order valence-electron chi connectivity index (χ3n) is 3.58. The average molecular weight is 315 g/mol. The van der Waals surface area contributed by atoms with Crippen LogP contribution in [0.1, 0.15) is 16.1 Å². The first-order chi connectivity index (χ1) is 11.2. The lowest BCUT2D eigenvalue weighted by Gasteiger charge is -2.13. The predicted molar refractivity (Wildman–Crippen MR) is 84.6 cm³/mol.